The van der Waals surface area contributed by atoms with Crippen molar-refractivity contribution in [3.8, 4) is 0 Å². The standard InChI is InChI=1S/C13H17FO2S/c1-10-5-7-13(8-6-10)17(15)16-12-4-2-3-11(14)9-12/h5-8,11-12H,2-4,9H2,1H3. The van der Waals surface area contributed by atoms with Crippen molar-refractivity contribution < 1.29 is 12.8 Å². The molecule has 1 fully saturated rings. The quantitative estimate of drug-likeness (QED) is 0.829. The monoisotopic (exact) mass is 256 g/mol. The van der Waals surface area contributed by atoms with E-state index in [4.69, 9.17) is 4.18 Å². The van der Waals surface area contributed by atoms with Crippen LogP contribution in [0.15, 0.2) is 29.2 Å². The lowest BCUT2D eigenvalue weighted by Crippen LogP contribution is -2.24. The predicted molar refractivity (Wildman–Crippen MR) is 65.8 cm³/mol. The van der Waals surface area contributed by atoms with Crippen molar-refractivity contribution in [1.82, 2.24) is 0 Å². The fraction of sp³-hybridized carbons (Fsp3) is 0.538. The number of benzene rings is 1. The molecule has 0 saturated heterocycles. The summed E-state index contributed by atoms with van der Waals surface area (Å²) >= 11 is -1.47. The first-order chi connectivity index (χ1) is 8.15. The van der Waals surface area contributed by atoms with Crippen LogP contribution in [0.1, 0.15) is 31.2 Å². The molecule has 0 aliphatic heterocycles. The number of aryl methyl sites for hydroxylation is 1. The van der Waals surface area contributed by atoms with Crippen molar-refractivity contribution in [3.63, 3.8) is 0 Å². The highest BCUT2D eigenvalue weighted by Gasteiger charge is 2.24. The average molecular weight is 256 g/mol. The number of hydrogen-bond donors (Lipinski definition) is 0. The van der Waals surface area contributed by atoms with Gasteiger partial charge in [-0.3, -0.25) is 4.18 Å². The Balaban J connectivity index is 1.94. The maximum atomic E-state index is 13.2. The van der Waals surface area contributed by atoms with Crippen LogP contribution < -0.4 is 0 Å². The van der Waals surface area contributed by atoms with Crippen LogP contribution in [0.4, 0.5) is 4.39 Å². The van der Waals surface area contributed by atoms with Crippen molar-refractivity contribution in [1.29, 1.82) is 0 Å². The molecule has 94 valence electrons. The van der Waals surface area contributed by atoms with Gasteiger partial charge in [-0.05, 0) is 38.3 Å². The molecular weight excluding hydrogens is 239 g/mol. The zero-order valence-corrected chi connectivity index (χ0v) is 10.7. The van der Waals surface area contributed by atoms with Crippen molar-refractivity contribution in [2.75, 3.05) is 0 Å². The smallest absolute Gasteiger partial charge is 0.189 e. The Morgan fingerprint density at radius 3 is 2.65 bits per heavy atom. The molecule has 0 bridgehead atoms. The Labute approximate surface area is 104 Å². The first kappa shape index (κ1) is 12.7. The minimum absolute atomic E-state index is 0.208. The van der Waals surface area contributed by atoms with Gasteiger partial charge in [0.05, 0.1) is 11.0 Å². The maximum absolute atomic E-state index is 13.2. The van der Waals surface area contributed by atoms with Crippen LogP contribution in [0, 0.1) is 6.92 Å². The van der Waals surface area contributed by atoms with E-state index in [0.717, 1.165) is 18.4 Å². The predicted octanol–water partition coefficient (Wildman–Crippen LogP) is 3.31. The van der Waals surface area contributed by atoms with Gasteiger partial charge >= 0.3 is 0 Å². The second-order valence-corrected chi connectivity index (χ2v) is 5.66. The molecule has 0 N–H and O–H groups in total. The maximum Gasteiger partial charge on any atom is 0.189 e. The lowest BCUT2D eigenvalue weighted by molar-refractivity contribution is 0.115. The molecule has 1 aromatic rings. The molecule has 0 aromatic heterocycles. The zero-order chi connectivity index (χ0) is 12.3. The van der Waals surface area contributed by atoms with E-state index in [0.29, 0.717) is 17.7 Å². The molecule has 1 aliphatic rings. The van der Waals surface area contributed by atoms with Crippen LogP contribution in [0.25, 0.3) is 0 Å². The molecular formula is C13H17FO2S. The Morgan fingerprint density at radius 1 is 1.29 bits per heavy atom. The van der Waals surface area contributed by atoms with Crippen molar-refractivity contribution in [3.05, 3.63) is 29.8 Å². The first-order valence-electron chi connectivity index (χ1n) is 5.95. The fourth-order valence-electron chi connectivity index (χ4n) is 2.00. The summed E-state index contributed by atoms with van der Waals surface area (Å²) < 4.78 is 30.5. The molecule has 1 saturated carbocycles. The highest BCUT2D eigenvalue weighted by atomic mass is 32.2. The molecule has 4 heteroatoms. The largest absolute Gasteiger partial charge is 0.283 e. The SMILES string of the molecule is Cc1ccc(S(=O)OC2CCCC(F)C2)cc1. The van der Waals surface area contributed by atoms with Crippen LogP contribution in [0.2, 0.25) is 0 Å². The summed E-state index contributed by atoms with van der Waals surface area (Å²) in [4.78, 5) is 0.650. The highest BCUT2D eigenvalue weighted by Crippen LogP contribution is 2.25. The minimum atomic E-state index is -1.47. The van der Waals surface area contributed by atoms with Gasteiger partial charge in [0.15, 0.2) is 11.1 Å². The molecule has 1 aromatic carbocycles. The van der Waals surface area contributed by atoms with Crippen LogP contribution >= 0.6 is 0 Å². The van der Waals surface area contributed by atoms with E-state index in [1.807, 2.05) is 19.1 Å². The molecule has 2 nitrogen and oxygen atoms in total. The second-order valence-electron chi connectivity index (χ2n) is 4.53. The van der Waals surface area contributed by atoms with Crippen molar-refractivity contribution >= 4 is 11.1 Å². The Hall–Kier alpha value is -0.740. The molecule has 0 spiro atoms. The average Bonchev–Trinajstić information content (AvgIpc) is 2.29. The summed E-state index contributed by atoms with van der Waals surface area (Å²) in [6.45, 7) is 1.97. The first-order valence-corrected chi connectivity index (χ1v) is 7.02. The highest BCUT2D eigenvalue weighted by molar-refractivity contribution is 7.80. The van der Waals surface area contributed by atoms with Crippen molar-refractivity contribution in [2.45, 2.75) is 49.8 Å². The van der Waals surface area contributed by atoms with Gasteiger partial charge in [0.25, 0.3) is 0 Å². The molecule has 0 radical (unpaired) electrons. The van der Waals surface area contributed by atoms with Gasteiger partial charge in [-0.1, -0.05) is 17.7 Å². The van der Waals surface area contributed by atoms with Crippen molar-refractivity contribution in [2.24, 2.45) is 0 Å². The molecule has 0 heterocycles. The van der Waals surface area contributed by atoms with E-state index in [9.17, 15) is 8.60 Å². The lowest BCUT2D eigenvalue weighted by Gasteiger charge is -2.23. The van der Waals surface area contributed by atoms with E-state index < -0.39 is 17.3 Å². The molecule has 2 rings (SSSR count). The normalized spacial score (nSPS) is 26.7. The van der Waals surface area contributed by atoms with Crippen LogP contribution in [-0.4, -0.2) is 16.5 Å². The van der Waals surface area contributed by atoms with Gasteiger partial charge in [0.1, 0.15) is 6.17 Å². The van der Waals surface area contributed by atoms with Gasteiger partial charge in [-0.15, -0.1) is 0 Å². The summed E-state index contributed by atoms with van der Waals surface area (Å²) in [6.07, 6.45) is 1.59. The number of alkyl halides is 1. The second kappa shape index (κ2) is 5.74. The minimum Gasteiger partial charge on any atom is -0.283 e. The number of halogens is 1. The van der Waals surface area contributed by atoms with E-state index in [-0.39, 0.29) is 6.10 Å². The molecule has 1 aliphatic carbocycles. The van der Waals surface area contributed by atoms with E-state index in [2.05, 4.69) is 0 Å². The van der Waals surface area contributed by atoms with Gasteiger partial charge in [-0.25, -0.2) is 8.60 Å². The van der Waals surface area contributed by atoms with E-state index in [1.165, 1.54) is 0 Å². The van der Waals surface area contributed by atoms with Gasteiger partial charge in [-0.2, -0.15) is 0 Å². The Kier molecular flexibility index (Phi) is 4.29. The zero-order valence-electron chi connectivity index (χ0n) is 9.90. The number of rotatable bonds is 3. The van der Waals surface area contributed by atoms with Gasteiger partial charge in [0.2, 0.25) is 0 Å². The number of hydrogen-bond acceptors (Lipinski definition) is 2. The molecule has 3 unspecified atom stereocenters. The summed E-state index contributed by atoms with van der Waals surface area (Å²) in [5.74, 6) is 0. The third-order valence-electron chi connectivity index (χ3n) is 3.00. The molecule has 3 atom stereocenters. The summed E-state index contributed by atoms with van der Waals surface area (Å²) in [7, 11) is 0. The summed E-state index contributed by atoms with van der Waals surface area (Å²) in [5, 5.41) is 0. The van der Waals surface area contributed by atoms with Crippen LogP contribution in [-0.2, 0) is 15.3 Å². The third-order valence-corrected chi connectivity index (χ3v) is 4.10. The van der Waals surface area contributed by atoms with E-state index in [1.54, 1.807) is 12.1 Å². The third kappa shape index (κ3) is 3.61. The fourth-order valence-corrected chi connectivity index (χ4v) is 2.90. The Morgan fingerprint density at radius 2 is 2.00 bits per heavy atom. The van der Waals surface area contributed by atoms with Gasteiger partial charge < -0.3 is 0 Å². The van der Waals surface area contributed by atoms with Gasteiger partial charge in [0, 0.05) is 6.42 Å². The summed E-state index contributed by atoms with van der Waals surface area (Å²) in [6, 6.07) is 7.38. The lowest BCUT2D eigenvalue weighted by atomic mass is 9.96. The molecule has 17 heavy (non-hydrogen) atoms. The molecule has 0 amide bonds. The summed E-state index contributed by atoms with van der Waals surface area (Å²) in [5.41, 5.74) is 1.12. The Bertz CT molecular complexity index is 391. The van der Waals surface area contributed by atoms with Crippen LogP contribution in [0.5, 0.6) is 0 Å². The van der Waals surface area contributed by atoms with E-state index >= 15 is 0 Å². The van der Waals surface area contributed by atoms with Crippen LogP contribution in [0.3, 0.4) is 0 Å². The topological polar surface area (TPSA) is 26.3 Å².